The van der Waals surface area contributed by atoms with Crippen LogP contribution in [0.5, 0.6) is 11.5 Å². The molecule has 0 fully saturated rings. The standard InChI is InChI=1S/C15H25NO3/c1-6-12(17-3)15(16-7-2)11-8-9-13(18-4)14(10-11)19-5/h8-10,12,15-16H,6-7H2,1-5H3. The van der Waals surface area contributed by atoms with Crippen molar-refractivity contribution in [3.8, 4) is 11.5 Å². The Hall–Kier alpha value is -1.26. The van der Waals surface area contributed by atoms with E-state index in [4.69, 9.17) is 14.2 Å². The first-order valence-corrected chi connectivity index (χ1v) is 6.69. The molecule has 0 saturated carbocycles. The van der Waals surface area contributed by atoms with Gasteiger partial charge in [-0.1, -0.05) is 19.9 Å². The van der Waals surface area contributed by atoms with Crippen LogP contribution in [0.25, 0.3) is 0 Å². The van der Waals surface area contributed by atoms with Crippen LogP contribution in [-0.2, 0) is 4.74 Å². The summed E-state index contributed by atoms with van der Waals surface area (Å²) in [6.07, 6.45) is 1.08. The van der Waals surface area contributed by atoms with Crippen LogP contribution in [0.4, 0.5) is 0 Å². The van der Waals surface area contributed by atoms with E-state index in [1.807, 2.05) is 12.1 Å². The lowest BCUT2D eigenvalue weighted by Gasteiger charge is -2.26. The molecule has 2 unspecified atom stereocenters. The highest BCUT2D eigenvalue weighted by atomic mass is 16.5. The molecule has 0 spiro atoms. The largest absolute Gasteiger partial charge is 0.493 e. The van der Waals surface area contributed by atoms with E-state index in [1.54, 1.807) is 21.3 Å². The Balaban J connectivity index is 3.08. The fourth-order valence-electron chi connectivity index (χ4n) is 2.27. The first-order valence-electron chi connectivity index (χ1n) is 6.69. The Morgan fingerprint density at radius 3 is 2.21 bits per heavy atom. The molecule has 4 nitrogen and oxygen atoms in total. The van der Waals surface area contributed by atoms with E-state index in [-0.39, 0.29) is 12.1 Å². The lowest BCUT2D eigenvalue weighted by Crippen LogP contribution is -2.32. The highest BCUT2D eigenvalue weighted by molar-refractivity contribution is 5.44. The highest BCUT2D eigenvalue weighted by Gasteiger charge is 2.21. The molecular weight excluding hydrogens is 242 g/mol. The molecule has 0 aliphatic heterocycles. The molecule has 1 rings (SSSR count). The zero-order chi connectivity index (χ0) is 14.3. The number of ether oxygens (including phenoxy) is 3. The van der Waals surface area contributed by atoms with Crippen LogP contribution in [0.1, 0.15) is 31.9 Å². The first kappa shape index (κ1) is 15.8. The van der Waals surface area contributed by atoms with Crippen LogP contribution in [0.15, 0.2) is 18.2 Å². The fraction of sp³-hybridized carbons (Fsp3) is 0.600. The molecule has 0 aromatic heterocycles. The Kier molecular flexibility index (Phi) is 6.67. The molecule has 4 heteroatoms. The zero-order valence-corrected chi connectivity index (χ0v) is 12.5. The smallest absolute Gasteiger partial charge is 0.161 e. The quantitative estimate of drug-likeness (QED) is 0.786. The average Bonchev–Trinajstić information content (AvgIpc) is 2.46. The Morgan fingerprint density at radius 2 is 1.74 bits per heavy atom. The summed E-state index contributed by atoms with van der Waals surface area (Å²) in [7, 11) is 5.04. The lowest BCUT2D eigenvalue weighted by atomic mass is 9.99. The summed E-state index contributed by atoms with van der Waals surface area (Å²) in [5, 5.41) is 3.47. The minimum Gasteiger partial charge on any atom is -0.493 e. The van der Waals surface area contributed by atoms with Crippen LogP contribution in [-0.4, -0.2) is 34.0 Å². The summed E-state index contributed by atoms with van der Waals surface area (Å²) in [4.78, 5) is 0. The van der Waals surface area contributed by atoms with Gasteiger partial charge in [0.25, 0.3) is 0 Å². The highest BCUT2D eigenvalue weighted by Crippen LogP contribution is 2.31. The lowest BCUT2D eigenvalue weighted by molar-refractivity contribution is 0.0655. The molecule has 1 N–H and O–H groups in total. The molecule has 2 atom stereocenters. The normalized spacial score (nSPS) is 13.9. The number of rotatable bonds is 8. The summed E-state index contributed by atoms with van der Waals surface area (Å²) in [5.41, 5.74) is 1.15. The third-order valence-corrected chi connectivity index (χ3v) is 3.27. The summed E-state index contributed by atoms with van der Waals surface area (Å²) in [5.74, 6) is 1.49. The van der Waals surface area contributed by atoms with Gasteiger partial charge in [-0.2, -0.15) is 0 Å². The van der Waals surface area contributed by atoms with Crippen molar-refractivity contribution >= 4 is 0 Å². The number of methoxy groups -OCH3 is 3. The zero-order valence-electron chi connectivity index (χ0n) is 12.5. The van der Waals surface area contributed by atoms with Crippen molar-refractivity contribution < 1.29 is 14.2 Å². The van der Waals surface area contributed by atoms with E-state index in [9.17, 15) is 0 Å². The third-order valence-electron chi connectivity index (χ3n) is 3.27. The predicted molar refractivity (Wildman–Crippen MR) is 77.1 cm³/mol. The van der Waals surface area contributed by atoms with Gasteiger partial charge in [0.2, 0.25) is 0 Å². The predicted octanol–water partition coefficient (Wildman–Crippen LogP) is 2.78. The number of nitrogens with one attached hydrogen (secondary N) is 1. The van der Waals surface area contributed by atoms with Crippen molar-refractivity contribution in [2.45, 2.75) is 32.4 Å². The molecule has 1 aromatic carbocycles. The topological polar surface area (TPSA) is 39.7 Å². The third kappa shape index (κ3) is 3.85. The summed E-state index contributed by atoms with van der Waals surface area (Å²) in [6, 6.07) is 6.14. The molecular formula is C15H25NO3. The van der Waals surface area contributed by atoms with Gasteiger partial charge in [-0.3, -0.25) is 0 Å². The molecule has 108 valence electrons. The van der Waals surface area contributed by atoms with E-state index in [2.05, 4.69) is 25.2 Å². The van der Waals surface area contributed by atoms with Crippen molar-refractivity contribution in [3.05, 3.63) is 23.8 Å². The molecule has 0 bridgehead atoms. The monoisotopic (exact) mass is 267 g/mol. The van der Waals surface area contributed by atoms with Crippen LogP contribution in [0.2, 0.25) is 0 Å². The minimum absolute atomic E-state index is 0.137. The van der Waals surface area contributed by atoms with Crippen molar-refractivity contribution in [1.82, 2.24) is 5.32 Å². The van der Waals surface area contributed by atoms with Crippen molar-refractivity contribution in [1.29, 1.82) is 0 Å². The van der Waals surface area contributed by atoms with Crippen molar-refractivity contribution in [2.24, 2.45) is 0 Å². The molecule has 1 aromatic rings. The number of likely N-dealkylation sites (N-methyl/N-ethyl adjacent to an activating group) is 1. The van der Waals surface area contributed by atoms with Gasteiger partial charge in [0, 0.05) is 7.11 Å². The molecule has 0 aliphatic rings. The SMILES string of the molecule is CCNC(c1ccc(OC)c(OC)c1)C(CC)OC. The molecule has 0 radical (unpaired) electrons. The minimum atomic E-state index is 0.137. The molecule has 0 aliphatic carbocycles. The molecule has 0 saturated heterocycles. The van der Waals surface area contributed by atoms with Gasteiger partial charge in [0.15, 0.2) is 11.5 Å². The van der Waals surface area contributed by atoms with Gasteiger partial charge < -0.3 is 19.5 Å². The fourth-order valence-corrected chi connectivity index (χ4v) is 2.27. The van der Waals surface area contributed by atoms with Crippen LogP contribution < -0.4 is 14.8 Å². The summed E-state index contributed by atoms with van der Waals surface area (Å²) < 4.78 is 16.2. The van der Waals surface area contributed by atoms with E-state index in [0.29, 0.717) is 0 Å². The number of hydrogen-bond acceptors (Lipinski definition) is 4. The second-order valence-corrected chi connectivity index (χ2v) is 4.33. The molecule has 0 amide bonds. The van der Waals surface area contributed by atoms with Gasteiger partial charge >= 0.3 is 0 Å². The van der Waals surface area contributed by atoms with Crippen molar-refractivity contribution in [3.63, 3.8) is 0 Å². The second kappa shape index (κ2) is 8.02. The van der Waals surface area contributed by atoms with Gasteiger partial charge in [0.1, 0.15) is 0 Å². The maximum Gasteiger partial charge on any atom is 0.161 e. The van der Waals surface area contributed by atoms with Gasteiger partial charge in [-0.15, -0.1) is 0 Å². The Morgan fingerprint density at radius 1 is 1.05 bits per heavy atom. The maximum atomic E-state index is 5.56. The number of hydrogen-bond donors (Lipinski definition) is 1. The maximum absolute atomic E-state index is 5.56. The summed E-state index contributed by atoms with van der Waals surface area (Å²) >= 11 is 0. The summed E-state index contributed by atoms with van der Waals surface area (Å²) in [6.45, 7) is 5.11. The van der Waals surface area contributed by atoms with E-state index in [0.717, 1.165) is 30.0 Å². The van der Waals surface area contributed by atoms with Crippen LogP contribution in [0.3, 0.4) is 0 Å². The van der Waals surface area contributed by atoms with E-state index in [1.165, 1.54) is 0 Å². The van der Waals surface area contributed by atoms with E-state index >= 15 is 0 Å². The Bertz CT molecular complexity index is 378. The van der Waals surface area contributed by atoms with Crippen molar-refractivity contribution in [2.75, 3.05) is 27.9 Å². The van der Waals surface area contributed by atoms with Crippen LogP contribution >= 0.6 is 0 Å². The average molecular weight is 267 g/mol. The second-order valence-electron chi connectivity index (χ2n) is 4.33. The van der Waals surface area contributed by atoms with Gasteiger partial charge in [-0.25, -0.2) is 0 Å². The first-order chi connectivity index (χ1) is 9.21. The molecule has 0 heterocycles. The van der Waals surface area contributed by atoms with Crippen LogP contribution in [0, 0.1) is 0 Å². The number of benzene rings is 1. The molecule has 19 heavy (non-hydrogen) atoms. The Labute approximate surface area is 116 Å². The van der Waals surface area contributed by atoms with E-state index < -0.39 is 0 Å². The van der Waals surface area contributed by atoms with Gasteiger partial charge in [-0.05, 0) is 30.7 Å². The van der Waals surface area contributed by atoms with Gasteiger partial charge in [0.05, 0.1) is 26.4 Å².